The van der Waals surface area contributed by atoms with Crippen molar-refractivity contribution in [1.82, 2.24) is 5.32 Å². The summed E-state index contributed by atoms with van der Waals surface area (Å²) in [5, 5.41) is 2.83. The highest BCUT2D eigenvalue weighted by molar-refractivity contribution is 7.90. The van der Waals surface area contributed by atoms with Gasteiger partial charge in [-0.25, -0.2) is 8.42 Å². The molecule has 7 nitrogen and oxygen atoms in total. The van der Waals surface area contributed by atoms with Crippen LogP contribution in [0.1, 0.15) is 34.6 Å². The van der Waals surface area contributed by atoms with Gasteiger partial charge in [-0.2, -0.15) is 0 Å². The summed E-state index contributed by atoms with van der Waals surface area (Å²) in [7, 11) is -0.523. The highest BCUT2D eigenvalue weighted by Crippen LogP contribution is 2.29. The minimum Gasteiger partial charge on any atom is -0.497 e. The number of furan rings is 1. The summed E-state index contributed by atoms with van der Waals surface area (Å²) in [6, 6.07) is 14.4. The van der Waals surface area contributed by atoms with Gasteiger partial charge in [0.1, 0.15) is 11.5 Å². The second-order valence-corrected chi connectivity index (χ2v) is 8.64. The Morgan fingerprint density at radius 2 is 1.80 bits per heavy atom. The van der Waals surface area contributed by atoms with E-state index in [4.69, 9.17) is 13.9 Å². The first kappa shape index (κ1) is 21.4. The van der Waals surface area contributed by atoms with E-state index in [2.05, 4.69) is 5.32 Å². The zero-order valence-corrected chi connectivity index (χ0v) is 17.7. The van der Waals surface area contributed by atoms with E-state index in [1.54, 1.807) is 57.5 Å². The zero-order chi connectivity index (χ0) is 21.7. The van der Waals surface area contributed by atoms with Gasteiger partial charge in [0.15, 0.2) is 15.6 Å². The van der Waals surface area contributed by atoms with Crippen molar-refractivity contribution in [2.75, 3.05) is 14.2 Å². The standard InChI is InChI=1S/C22H23NO6S/c1-15(19-13-17(27-2)9-10-20(19)28-3)23-22(24)21-16(11-12-29-21)14-30(25,26)18-7-5-4-6-8-18/h4-13,15H,14H2,1-3H3,(H,23,24). The fourth-order valence-corrected chi connectivity index (χ4v) is 4.46. The molecule has 1 amide bonds. The molecule has 0 aliphatic rings. The van der Waals surface area contributed by atoms with Crippen LogP contribution in [0, 0.1) is 0 Å². The van der Waals surface area contributed by atoms with E-state index in [1.165, 1.54) is 24.5 Å². The lowest BCUT2D eigenvalue weighted by Gasteiger charge is -2.18. The Morgan fingerprint density at radius 1 is 1.07 bits per heavy atom. The minimum atomic E-state index is -3.62. The lowest BCUT2D eigenvalue weighted by molar-refractivity contribution is 0.0910. The zero-order valence-electron chi connectivity index (χ0n) is 16.9. The maximum atomic E-state index is 12.8. The third kappa shape index (κ3) is 4.65. The molecule has 0 fully saturated rings. The van der Waals surface area contributed by atoms with Crippen LogP contribution in [0.5, 0.6) is 11.5 Å². The number of ether oxygens (including phenoxy) is 2. The van der Waals surface area contributed by atoms with E-state index in [0.717, 1.165) is 5.56 Å². The molecule has 8 heteroatoms. The number of carbonyl (C=O) groups excluding carboxylic acids is 1. The Kier molecular flexibility index (Phi) is 6.47. The summed E-state index contributed by atoms with van der Waals surface area (Å²) in [6.45, 7) is 1.79. The number of sulfone groups is 1. The van der Waals surface area contributed by atoms with E-state index >= 15 is 0 Å². The number of nitrogens with one attached hydrogen (secondary N) is 1. The van der Waals surface area contributed by atoms with Crippen molar-refractivity contribution in [2.24, 2.45) is 0 Å². The highest BCUT2D eigenvalue weighted by Gasteiger charge is 2.24. The van der Waals surface area contributed by atoms with E-state index in [0.29, 0.717) is 17.1 Å². The van der Waals surface area contributed by atoms with Crippen LogP contribution in [0.25, 0.3) is 0 Å². The van der Waals surface area contributed by atoms with Crippen LogP contribution in [0.15, 0.2) is 70.2 Å². The Balaban J connectivity index is 1.80. The molecule has 1 aromatic heterocycles. The van der Waals surface area contributed by atoms with Gasteiger partial charge in [-0.15, -0.1) is 0 Å². The van der Waals surface area contributed by atoms with Crippen LogP contribution in [-0.4, -0.2) is 28.5 Å². The molecule has 30 heavy (non-hydrogen) atoms. The summed E-state index contributed by atoms with van der Waals surface area (Å²) in [4.78, 5) is 13.0. The Morgan fingerprint density at radius 3 is 2.47 bits per heavy atom. The SMILES string of the molecule is COc1ccc(OC)c(C(C)NC(=O)c2occc2CS(=O)(=O)c2ccccc2)c1. The van der Waals surface area contributed by atoms with Gasteiger partial charge in [0.25, 0.3) is 5.91 Å². The molecule has 0 aliphatic heterocycles. The fourth-order valence-electron chi connectivity index (χ4n) is 3.08. The molecular formula is C22H23NO6S. The minimum absolute atomic E-state index is 0.0387. The largest absolute Gasteiger partial charge is 0.497 e. The van der Waals surface area contributed by atoms with Gasteiger partial charge >= 0.3 is 0 Å². The lowest BCUT2D eigenvalue weighted by atomic mass is 10.1. The Labute approximate surface area is 175 Å². The maximum absolute atomic E-state index is 12.8. The maximum Gasteiger partial charge on any atom is 0.287 e. The summed E-state index contributed by atoms with van der Waals surface area (Å²) in [5.74, 6) is 0.320. The average molecular weight is 429 g/mol. The molecule has 1 unspecified atom stereocenters. The van der Waals surface area contributed by atoms with Crippen LogP contribution in [0.3, 0.4) is 0 Å². The van der Waals surface area contributed by atoms with Crippen LogP contribution >= 0.6 is 0 Å². The van der Waals surface area contributed by atoms with E-state index in [-0.39, 0.29) is 16.4 Å². The second-order valence-electron chi connectivity index (χ2n) is 6.65. The molecule has 3 aromatic rings. The summed E-state index contributed by atoms with van der Waals surface area (Å²) in [6.07, 6.45) is 1.31. The first-order valence-electron chi connectivity index (χ1n) is 9.22. The van der Waals surface area contributed by atoms with Gasteiger partial charge in [0.05, 0.1) is 37.2 Å². The van der Waals surface area contributed by atoms with Crippen molar-refractivity contribution < 1.29 is 27.1 Å². The van der Waals surface area contributed by atoms with Crippen molar-refractivity contribution in [3.63, 3.8) is 0 Å². The molecule has 1 N–H and O–H groups in total. The highest BCUT2D eigenvalue weighted by atomic mass is 32.2. The van der Waals surface area contributed by atoms with E-state index in [9.17, 15) is 13.2 Å². The average Bonchev–Trinajstić information content (AvgIpc) is 3.21. The monoisotopic (exact) mass is 429 g/mol. The van der Waals surface area contributed by atoms with Crippen LogP contribution in [-0.2, 0) is 15.6 Å². The number of hydrogen-bond acceptors (Lipinski definition) is 6. The van der Waals surface area contributed by atoms with Crippen molar-refractivity contribution in [3.8, 4) is 11.5 Å². The predicted molar refractivity (Wildman–Crippen MR) is 111 cm³/mol. The molecule has 1 heterocycles. The molecule has 0 aliphatic carbocycles. The number of hydrogen-bond donors (Lipinski definition) is 1. The van der Waals surface area contributed by atoms with Gasteiger partial charge in [-0.05, 0) is 43.3 Å². The van der Waals surface area contributed by atoms with Crippen LogP contribution < -0.4 is 14.8 Å². The predicted octanol–water partition coefficient (Wildman–Crippen LogP) is 3.76. The van der Waals surface area contributed by atoms with Gasteiger partial charge in [0, 0.05) is 11.1 Å². The number of amides is 1. The molecule has 0 spiro atoms. The van der Waals surface area contributed by atoms with Crippen molar-refractivity contribution in [1.29, 1.82) is 0 Å². The third-order valence-electron chi connectivity index (χ3n) is 4.65. The van der Waals surface area contributed by atoms with E-state index in [1.807, 2.05) is 0 Å². The lowest BCUT2D eigenvalue weighted by Crippen LogP contribution is -2.27. The van der Waals surface area contributed by atoms with E-state index < -0.39 is 21.8 Å². The van der Waals surface area contributed by atoms with Gasteiger partial charge < -0.3 is 19.2 Å². The molecule has 0 saturated carbocycles. The molecule has 0 saturated heterocycles. The number of rotatable bonds is 8. The van der Waals surface area contributed by atoms with Crippen molar-refractivity contribution in [3.05, 3.63) is 77.7 Å². The fraction of sp³-hybridized carbons (Fsp3) is 0.227. The molecule has 1 atom stereocenters. The number of methoxy groups -OCH3 is 2. The normalized spacial score (nSPS) is 12.2. The van der Waals surface area contributed by atoms with Crippen LogP contribution in [0.4, 0.5) is 0 Å². The molecule has 2 aromatic carbocycles. The quantitative estimate of drug-likeness (QED) is 0.586. The molecular weight excluding hydrogens is 406 g/mol. The Bertz CT molecular complexity index is 1120. The first-order valence-corrected chi connectivity index (χ1v) is 10.9. The third-order valence-corrected chi connectivity index (χ3v) is 6.33. The topological polar surface area (TPSA) is 94.8 Å². The van der Waals surface area contributed by atoms with Gasteiger partial charge in [-0.1, -0.05) is 18.2 Å². The smallest absolute Gasteiger partial charge is 0.287 e. The molecule has 0 radical (unpaired) electrons. The first-order chi connectivity index (χ1) is 14.4. The number of carbonyl (C=O) groups is 1. The second kappa shape index (κ2) is 9.04. The summed E-state index contributed by atoms with van der Waals surface area (Å²) in [5.41, 5.74) is 1.01. The van der Waals surface area contributed by atoms with Gasteiger partial charge in [-0.3, -0.25) is 4.79 Å². The molecule has 0 bridgehead atoms. The van der Waals surface area contributed by atoms with Crippen molar-refractivity contribution in [2.45, 2.75) is 23.6 Å². The molecule has 3 rings (SSSR count). The van der Waals surface area contributed by atoms with Crippen LogP contribution in [0.2, 0.25) is 0 Å². The summed E-state index contributed by atoms with van der Waals surface area (Å²) >= 11 is 0. The summed E-state index contributed by atoms with van der Waals surface area (Å²) < 4.78 is 41.3. The number of benzene rings is 2. The molecule has 158 valence electrons. The van der Waals surface area contributed by atoms with Crippen molar-refractivity contribution >= 4 is 15.7 Å². The van der Waals surface area contributed by atoms with Gasteiger partial charge in [0.2, 0.25) is 0 Å². The Hall–Kier alpha value is -3.26.